The number of rotatable bonds is 6. The van der Waals surface area contributed by atoms with Gasteiger partial charge in [0.25, 0.3) is 5.91 Å². The first-order chi connectivity index (χ1) is 11.2. The fraction of sp³-hybridized carbons (Fsp3) is 0.588. The second-order valence-electron chi connectivity index (χ2n) is 7.07. The lowest BCUT2D eigenvalue weighted by Gasteiger charge is -2.31. The van der Waals surface area contributed by atoms with E-state index < -0.39 is 10.0 Å². The van der Waals surface area contributed by atoms with Gasteiger partial charge in [-0.25, -0.2) is 13.6 Å². The van der Waals surface area contributed by atoms with Gasteiger partial charge < -0.3 is 10.2 Å². The highest BCUT2D eigenvalue weighted by Crippen LogP contribution is 2.11. The summed E-state index contributed by atoms with van der Waals surface area (Å²) in [5, 5.41) is 8.02. The van der Waals surface area contributed by atoms with Crippen LogP contribution in [0.3, 0.4) is 0 Å². The summed E-state index contributed by atoms with van der Waals surface area (Å²) in [6.07, 6.45) is 1.92. The van der Waals surface area contributed by atoms with Gasteiger partial charge in [-0.15, -0.1) is 0 Å². The van der Waals surface area contributed by atoms with Crippen LogP contribution in [0.1, 0.15) is 25.8 Å². The Kier molecular flexibility index (Phi) is 6.37. The molecule has 1 fully saturated rings. The smallest absolute Gasteiger partial charge is 0.275 e. The molecular formula is C17H28N3O3S+. The highest BCUT2D eigenvalue weighted by Gasteiger charge is 2.26. The largest absolute Gasteiger partial charge is 0.351 e. The number of sulfonamides is 1. The molecule has 0 radical (unpaired) electrons. The molecule has 0 saturated carbocycles. The maximum atomic E-state index is 12.1. The predicted molar refractivity (Wildman–Crippen MR) is 93.0 cm³/mol. The molecule has 1 aliphatic heterocycles. The molecule has 1 aliphatic rings. The van der Waals surface area contributed by atoms with E-state index in [4.69, 9.17) is 5.14 Å². The Bertz CT molecular complexity index is 648. The van der Waals surface area contributed by atoms with Crippen molar-refractivity contribution in [2.45, 2.75) is 31.6 Å². The summed E-state index contributed by atoms with van der Waals surface area (Å²) in [6, 6.07) is 6.44. The van der Waals surface area contributed by atoms with Gasteiger partial charge in [-0.1, -0.05) is 26.0 Å². The van der Waals surface area contributed by atoms with Gasteiger partial charge >= 0.3 is 0 Å². The Morgan fingerprint density at radius 1 is 1.21 bits per heavy atom. The number of primary sulfonamides is 1. The number of quaternary nitrogens is 1. The van der Waals surface area contributed by atoms with E-state index in [2.05, 4.69) is 19.2 Å². The van der Waals surface area contributed by atoms with E-state index in [-0.39, 0.29) is 10.8 Å². The van der Waals surface area contributed by atoms with Crippen molar-refractivity contribution in [2.24, 2.45) is 17.0 Å². The van der Waals surface area contributed by atoms with E-state index in [0.717, 1.165) is 18.7 Å². The summed E-state index contributed by atoms with van der Waals surface area (Å²) in [4.78, 5) is 13.5. The molecule has 2 atom stereocenters. The molecule has 0 bridgehead atoms. The number of piperidine rings is 1. The van der Waals surface area contributed by atoms with E-state index in [1.165, 1.54) is 23.5 Å². The Labute approximate surface area is 144 Å². The average Bonchev–Trinajstić information content (AvgIpc) is 2.45. The van der Waals surface area contributed by atoms with Crippen LogP contribution in [-0.2, 0) is 21.2 Å². The number of likely N-dealkylation sites (tertiary alicyclic amines) is 1. The van der Waals surface area contributed by atoms with E-state index in [1.807, 2.05) is 0 Å². The normalized spacial score (nSPS) is 24.5. The van der Waals surface area contributed by atoms with Crippen LogP contribution in [0.25, 0.3) is 0 Å². The molecule has 6 nitrogen and oxygen atoms in total. The van der Waals surface area contributed by atoms with Crippen molar-refractivity contribution in [2.75, 3.05) is 26.2 Å². The SMILES string of the molecule is C[C@@H]1C[C@@H](C)C[NH+](CC(=O)NCCc2ccc(S(N)(=O)=O)cc2)C1. The summed E-state index contributed by atoms with van der Waals surface area (Å²) >= 11 is 0. The van der Waals surface area contributed by atoms with Crippen LogP contribution in [0.4, 0.5) is 0 Å². The van der Waals surface area contributed by atoms with Gasteiger partial charge in [0.15, 0.2) is 6.54 Å². The molecule has 0 aromatic heterocycles. The Balaban J connectivity index is 1.74. The Hall–Kier alpha value is -1.44. The third kappa shape index (κ3) is 5.89. The third-order valence-corrected chi connectivity index (χ3v) is 5.41. The number of nitrogens with one attached hydrogen (secondary N) is 2. The first-order valence-electron chi connectivity index (χ1n) is 8.46. The minimum Gasteiger partial charge on any atom is -0.351 e. The Morgan fingerprint density at radius 3 is 2.33 bits per heavy atom. The first kappa shape index (κ1) is 18.9. The maximum absolute atomic E-state index is 12.1. The summed E-state index contributed by atoms with van der Waals surface area (Å²) in [6.45, 7) is 7.70. The van der Waals surface area contributed by atoms with Gasteiger partial charge in [0, 0.05) is 18.4 Å². The van der Waals surface area contributed by atoms with E-state index in [1.54, 1.807) is 12.1 Å². The van der Waals surface area contributed by atoms with Crippen molar-refractivity contribution in [3.63, 3.8) is 0 Å². The van der Waals surface area contributed by atoms with E-state index in [0.29, 0.717) is 31.3 Å². The predicted octanol–water partition coefficient (Wildman–Crippen LogP) is -0.446. The zero-order chi connectivity index (χ0) is 17.7. The topological polar surface area (TPSA) is 93.7 Å². The molecule has 134 valence electrons. The molecule has 1 aromatic rings. The van der Waals surface area contributed by atoms with Crippen LogP contribution in [0.5, 0.6) is 0 Å². The number of hydrogen-bond donors (Lipinski definition) is 3. The highest BCUT2D eigenvalue weighted by atomic mass is 32.2. The molecule has 7 heteroatoms. The van der Waals surface area contributed by atoms with Gasteiger partial charge in [-0.3, -0.25) is 4.79 Å². The number of carbonyl (C=O) groups is 1. The number of amides is 1. The van der Waals surface area contributed by atoms with Crippen LogP contribution in [-0.4, -0.2) is 40.5 Å². The lowest BCUT2D eigenvalue weighted by Crippen LogP contribution is -3.15. The molecule has 1 aromatic carbocycles. The summed E-state index contributed by atoms with van der Waals surface area (Å²) < 4.78 is 22.4. The molecule has 0 spiro atoms. The quantitative estimate of drug-likeness (QED) is 0.646. The average molecular weight is 354 g/mol. The maximum Gasteiger partial charge on any atom is 0.275 e. The zero-order valence-corrected chi connectivity index (χ0v) is 15.2. The van der Waals surface area contributed by atoms with Gasteiger partial charge in [0.1, 0.15) is 0 Å². The fourth-order valence-corrected chi connectivity index (χ4v) is 4.06. The molecule has 0 aliphatic carbocycles. The molecule has 1 saturated heterocycles. The standard InChI is InChI=1S/C17H27N3O3S/c1-13-9-14(2)11-20(10-13)12-17(21)19-8-7-15-3-5-16(6-4-15)24(18,22)23/h3-6,13-14H,7-12H2,1-2H3,(H,19,21)(H2,18,22,23)/p+1/t13-,14-/m1/s1. The van der Waals surface area contributed by atoms with Crippen LogP contribution >= 0.6 is 0 Å². The van der Waals surface area contributed by atoms with Gasteiger partial charge in [0.05, 0.1) is 18.0 Å². The molecule has 1 heterocycles. The molecule has 24 heavy (non-hydrogen) atoms. The van der Waals surface area contributed by atoms with Gasteiger partial charge in [-0.2, -0.15) is 0 Å². The van der Waals surface area contributed by atoms with Crippen molar-refractivity contribution in [3.8, 4) is 0 Å². The molecule has 4 N–H and O–H groups in total. The molecule has 1 amide bonds. The van der Waals surface area contributed by atoms with Crippen LogP contribution in [0, 0.1) is 11.8 Å². The van der Waals surface area contributed by atoms with Crippen LogP contribution in [0.2, 0.25) is 0 Å². The number of benzene rings is 1. The summed E-state index contributed by atoms with van der Waals surface area (Å²) in [5.74, 6) is 1.43. The van der Waals surface area contributed by atoms with Crippen molar-refractivity contribution < 1.29 is 18.1 Å². The summed E-state index contributed by atoms with van der Waals surface area (Å²) in [7, 11) is -3.65. The minimum atomic E-state index is -3.65. The molecule has 0 unspecified atom stereocenters. The number of hydrogen-bond acceptors (Lipinski definition) is 3. The second-order valence-corrected chi connectivity index (χ2v) is 8.63. The second kappa shape index (κ2) is 8.09. The lowest BCUT2D eigenvalue weighted by molar-refractivity contribution is -0.904. The number of carbonyl (C=O) groups excluding carboxylic acids is 1. The van der Waals surface area contributed by atoms with E-state index >= 15 is 0 Å². The van der Waals surface area contributed by atoms with Crippen molar-refractivity contribution >= 4 is 15.9 Å². The van der Waals surface area contributed by atoms with Crippen LogP contribution in [0.15, 0.2) is 29.2 Å². The molecule has 2 rings (SSSR count). The highest BCUT2D eigenvalue weighted by molar-refractivity contribution is 7.89. The fourth-order valence-electron chi connectivity index (χ4n) is 3.55. The minimum absolute atomic E-state index is 0.0763. The number of nitrogens with two attached hydrogens (primary N) is 1. The third-order valence-electron chi connectivity index (χ3n) is 4.48. The Morgan fingerprint density at radius 2 is 1.79 bits per heavy atom. The monoisotopic (exact) mass is 354 g/mol. The van der Waals surface area contributed by atoms with Gasteiger partial charge in [-0.05, 0) is 30.5 Å². The van der Waals surface area contributed by atoms with Crippen molar-refractivity contribution in [1.29, 1.82) is 0 Å². The van der Waals surface area contributed by atoms with Crippen molar-refractivity contribution in [1.82, 2.24) is 5.32 Å². The first-order valence-corrected chi connectivity index (χ1v) is 10.0. The molecular weight excluding hydrogens is 326 g/mol. The summed E-state index contributed by atoms with van der Waals surface area (Å²) in [5.41, 5.74) is 0.968. The van der Waals surface area contributed by atoms with E-state index in [9.17, 15) is 13.2 Å². The lowest BCUT2D eigenvalue weighted by atomic mass is 9.92. The van der Waals surface area contributed by atoms with Gasteiger partial charge in [0.2, 0.25) is 10.0 Å². The van der Waals surface area contributed by atoms with Crippen molar-refractivity contribution in [3.05, 3.63) is 29.8 Å². The zero-order valence-electron chi connectivity index (χ0n) is 14.4. The van der Waals surface area contributed by atoms with Crippen LogP contribution < -0.4 is 15.4 Å².